The van der Waals surface area contributed by atoms with Crippen LogP contribution in [0.3, 0.4) is 0 Å². The van der Waals surface area contributed by atoms with Crippen molar-refractivity contribution in [2.24, 2.45) is 0 Å². The summed E-state index contributed by atoms with van der Waals surface area (Å²) >= 11 is 0. The van der Waals surface area contributed by atoms with Gasteiger partial charge in [0.1, 0.15) is 5.52 Å². The first kappa shape index (κ1) is 20.2. The van der Waals surface area contributed by atoms with E-state index in [4.69, 9.17) is 4.42 Å². The third kappa shape index (κ3) is 3.23. The summed E-state index contributed by atoms with van der Waals surface area (Å²) in [5.74, 6) is -0.790. The van der Waals surface area contributed by atoms with E-state index in [-0.39, 0.29) is 11.3 Å². The molecule has 6 rings (SSSR count). The third-order valence-corrected chi connectivity index (χ3v) is 5.76. The van der Waals surface area contributed by atoms with Gasteiger partial charge in [-0.1, -0.05) is 30.3 Å². The lowest BCUT2D eigenvalue weighted by atomic mass is 10.0. The van der Waals surface area contributed by atoms with Crippen LogP contribution in [-0.2, 0) is 6.18 Å². The number of rotatable bonds is 2. The zero-order valence-corrected chi connectivity index (χ0v) is 17.4. The molecule has 3 heterocycles. The van der Waals surface area contributed by atoms with Gasteiger partial charge in [-0.05, 0) is 48.0 Å². The largest absolute Gasteiger partial charge is 0.424 e. The highest BCUT2D eigenvalue weighted by Crippen LogP contribution is 2.33. The molecule has 6 aromatic rings. The molecule has 0 N–H and O–H groups in total. The minimum Gasteiger partial charge on any atom is -0.406 e. The van der Waals surface area contributed by atoms with Crippen molar-refractivity contribution in [3.63, 3.8) is 0 Å². The molecule has 3 aromatic heterocycles. The quantitative estimate of drug-likeness (QED) is 0.303. The summed E-state index contributed by atoms with van der Waals surface area (Å²) < 4.78 is 46.4. The van der Waals surface area contributed by atoms with E-state index in [1.165, 1.54) is 18.3 Å². The number of hydrogen-bond acceptors (Lipinski definition) is 4. The van der Waals surface area contributed by atoms with E-state index in [1.54, 1.807) is 12.3 Å². The van der Waals surface area contributed by atoms with E-state index in [0.717, 1.165) is 38.7 Å². The Hall–Kier alpha value is -4.46. The minimum atomic E-state index is -4.54. The summed E-state index contributed by atoms with van der Waals surface area (Å²) in [5, 5.41) is 1.55. The number of oxazole rings is 1. The molecule has 0 fully saturated rings. The van der Waals surface area contributed by atoms with Crippen LogP contribution in [0, 0.1) is 0 Å². The molecule has 0 aliphatic heterocycles. The number of alkyl halides is 3. The SMILES string of the molecule is O=c1oc2cnc3ccc(-c4cnc5ccccc5c4)cc3c2n1-c1cccc(C(F)(F)F)c1. The monoisotopic (exact) mass is 457 g/mol. The van der Waals surface area contributed by atoms with Gasteiger partial charge < -0.3 is 4.42 Å². The maximum absolute atomic E-state index is 13.3. The topological polar surface area (TPSA) is 60.9 Å². The van der Waals surface area contributed by atoms with Crippen LogP contribution >= 0.6 is 0 Å². The number of benzene rings is 3. The van der Waals surface area contributed by atoms with E-state index in [2.05, 4.69) is 9.97 Å². The van der Waals surface area contributed by atoms with Crippen LogP contribution in [0.4, 0.5) is 13.2 Å². The highest BCUT2D eigenvalue weighted by molar-refractivity contribution is 6.04. The van der Waals surface area contributed by atoms with Crippen molar-refractivity contribution in [1.82, 2.24) is 14.5 Å². The molecule has 8 heteroatoms. The second kappa shape index (κ2) is 7.28. The molecule has 0 aliphatic carbocycles. The molecule has 0 amide bonds. The second-order valence-electron chi connectivity index (χ2n) is 7.87. The standard InChI is InChI=1S/C26H14F3N3O2/c27-26(28,29)18-5-3-6-19(12-18)32-24-20-11-15(8-9-22(20)31-14-23(24)34-25(32)33)17-10-16-4-1-2-7-21(16)30-13-17/h1-14H. The Balaban J connectivity index is 1.61. The van der Waals surface area contributed by atoms with Gasteiger partial charge in [-0.3, -0.25) is 9.97 Å². The predicted molar refractivity (Wildman–Crippen MR) is 123 cm³/mol. The lowest BCUT2D eigenvalue weighted by Crippen LogP contribution is -2.13. The van der Waals surface area contributed by atoms with Crippen LogP contribution in [-0.4, -0.2) is 14.5 Å². The predicted octanol–water partition coefficient (Wildman–Crippen LogP) is 6.37. The summed E-state index contributed by atoms with van der Waals surface area (Å²) in [6.45, 7) is 0. The highest BCUT2D eigenvalue weighted by Gasteiger charge is 2.31. The highest BCUT2D eigenvalue weighted by atomic mass is 19.4. The fraction of sp³-hybridized carbons (Fsp3) is 0.0385. The number of aromatic nitrogens is 3. The van der Waals surface area contributed by atoms with Crippen molar-refractivity contribution >= 4 is 32.9 Å². The van der Waals surface area contributed by atoms with E-state index >= 15 is 0 Å². The van der Waals surface area contributed by atoms with Gasteiger partial charge in [-0.15, -0.1) is 0 Å². The summed E-state index contributed by atoms with van der Waals surface area (Å²) in [6, 6.07) is 19.9. The lowest BCUT2D eigenvalue weighted by Gasteiger charge is -2.10. The molecule has 34 heavy (non-hydrogen) atoms. The molecular weight excluding hydrogens is 443 g/mol. The van der Waals surface area contributed by atoms with Crippen LogP contribution in [0.5, 0.6) is 0 Å². The Morgan fingerprint density at radius 3 is 2.47 bits per heavy atom. The van der Waals surface area contributed by atoms with Crippen LogP contribution in [0.1, 0.15) is 5.56 Å². The number of pyridine rings is 2. The van der Waals surface area contributed by atoms with E-state index in [0.29, 0.717) is 16.4 Å². The molecule has 0 bridgehead atoms. The second-order valence-corrected chi connectivity index (χ2v) is 7.87. The van der Waals surface area contributed by atoms with E-state index in [9.17, 15) is 18.0 Å². The van der Waals surface area contributed by atoms with Crippen molar-refractivity contribution < 1.29 is 17.6 Å². The molecule has 0 atom stereocenters. The van der Waals surface area contributed by atoms with Crippen molar-refractivity contribution in [2.45, 2.75) is 6.18 Å². The lowest BCUT2D eigenvalue weighted by molar-refractivity contribution is -0.137. The minimum absolute atomic E-state index is 0.0591. The van der Waals surface area contributed by atoms with Gasteiger partial charge in [0.15, 0.2) is 5.58 Å². The zero-order chi connectivity index (χ0) is 23.4. The smallest absolute Gasteiger partial charge is 0.406 e. The van der Waals surface area contributed by atoms with Crippen LogP contribution in [0.2, 0.25) is 0 Å². The fourth-order valence-electron chi connectivity index (χ4n) is 4.16. The number of hydrogen-bond donors (Lipinski definition) is 0. The summed E-state index contributed by atoms with van der Waals surface area (Å²) in [7, 11) is 0. The Labute approximate surface area is 189 Å². The molecule has 0 radical (unpaired) electrons. The van der Waals surface area contributed by atoms with Gasteiger partial charge >= 0.3 is 11.9 Å². The zero-order valence-electron chi connectivity index (χ0n) is 17.4. The summed E-state index contributed by atoms with van der Waals surface area (Å²) in [6.07, 6.45) is -1.38. The Morgan fingerprint density at radius 1 is 0.794 bits per heavy atom. The average Bonchev–Trinajstić information content (AvgIpc) is 3.19. The maximum Gasteiger partial charge on any atom is 0.424 e. The number of fused-ring (bicyclic) bond motifs is 4. The molecule has 0 saturated heterocycles. The molecular formula is C26H14F3N3O2. The normalized spacial score (nSPS) is 12.1. The van der Waals surface area contributed by atoms with E-state index in [1.807, 2.05) is 42.5 Å². The molecule has 0 unspecified atom stereocenters. The van der Waals surface area contributed by atoms with Crippen LogP contribution in [0.15, 0.2) is 94.4 Å². The molecule has 3 aromatic carbocycles. The summed E-state index contributed by atoms with van der Waals surface area (Å²) in [4.78, 5) is 21.6. The van der Waals surface area contributed by atoms with Gasteiger partial charge in [0.25, 0.3) is 0 Å². The fourth-order valence-corrected chi connectivity index (χ4v) is 4.16. The number of nitrogens with zero attached hydrogens (tertiary/aromatic N) is 3. The first-order chi connectivity index (χ1) is 16.4. The van der Waals surface area contributed by atoms with Crippen molar-refractivity contribution in [3.05, 3.63) is 101 Å². The molecule has 166 valence electrons. The van der Waals surface area contributed by atoms with Gasteiger partial charge in [-0.25, -0.2) is 9.36 Å². The Bertz CT molecular complexity index is 1780. The number of halogens is 3. The molecule has 5 nitrogen and oxygen atoms in total. The Kier molecular flexibility index (Phi) is 4.32. The number of para-hydroxylation sites is 1. The average molecular weight is 457 g/mol. The van der Waals surface area contributed by atoms with Gasteiger partial charge in [0, 0.05) is 22.5 Å². The van der Waals surface area contributed by atoms with E-state index < -0.39 is 17.5 Å². The first-order valence-electron chi connectivity index (χ1n) is 10.4. The van der Waals surface area contributed by atoms with Gasteiger partial charge in [0.05, 0.1) is 28.5 Å². The van der Waals surface area contributed by atoms with Crippen LogP contribution < -0.4 is 5.76 Å². The third-order valence-electron chi connectivity index (χ3n) is 5.76. The van der Waals surface area contributed by atoms with Crippen LogP contribution in [0.25, 0.3) is 49.7 Å². The van der Waals surface area contributed by atoms with Crippen molar-refractivity contribution in [3.8, 4) is 16.8 Å². The molecule has 0 saturated carbocycles. The van der Waals surface area contributed by atoms with Gasteiger partial charge in [0.2, 0.25) is 0 Å². The van der Waals surface area contributed by atoms with Crippen molar-refractivity contribution in [1.29, 1.82) is 0 Å². The first-order valence-corrected chi connectivity index (χ1v) is 10.4. The maximum atomic E-state index is 13.3. The summed E-state index contributed by atoms with van der Waals surface area (Å²) in [5.41, 5.74) is 2.86. The Morgan fingerprint density at radius 2 is 1.62 bits per heavy atom. The van der Waals surface area contributed by atoms with Crippen molar-refractivity contribution in [2.75, 3.05) is 0 Å². The van der Waals surface area contributed by atoms with Gasteiger partial charge in [-0.2, -0.15) is 13.2 Å². The molecule has 0 aliphatic rings. The molecule has 0 spiro atoms.